The number of rotatable bonds is 2. The SMILES string of the molecule is Cc1ccc(Cc2nc3c(C#N)cccc3[nH]2)cc1C. The molecule has 1 N–H and O–H groups in total. The Hall–Kier alpha value is -2.60. The van der Waals surface area contributed by atoms with E-state index in [-0.39, 0.29) is 0 Å². The van der Waals surface area contributed by atoms with Crippen LogP contribution in [0.4, 0.5) is 0 Å². The number of aryl methyl sites for hydroxylation is 2. The van der Waals surface area contributed by atoms with E-state index in [1.54, 1.807) is 6.07 Å². The zero-order chi connectivity index (χ0) is 14.1. The molecule has 0 spiro atoms. The summed E-state index contributed by atoms with van der Waals surface area (Å²) in [6.07, 6.45) is 0.751. The molecule has 0 atom stereocenters. The van der Waals surface area contributed by atoms with Gasteiger partial charge in [0, 0.05) is 6.42 Å². The van der Waals surface area contributed by atoms with Crippen molar-refractivity contribution in [2.75, 3.05) is 0 Å². The monoisotopic (exact) mass is 261 g/mol. The van der Waals surface area contributed by atoms with Gasteiger partial charge in [0.05, 0.1) is 11.1 Å². The van der Waals surface area contributed by atoms with E-state index in [1.165, 1.54) is 16.7 Å². The quantitative estimate of drug-likeness (QED) is 0.765. The Morgan fingerprint density at radius 2 is 2.00 bits per heavy atom. The number of imidazole rings is 1. The molecule has 3 aromatic rings. The molecule has 0 saturated carbocycles. The summed E-state index contributed by atoms with van der Waals surface area (Å²) in [6.45, 7) is 4.23. The second-order valence-corrected chi connectivity index (χ2v) is 5.09. The van der Waals surface area contributed by atoms with Crippen molar-refractivity contribution < 1.29 is 0 Å². The van der Waals surface area contributed by atoms with Crippen LogP contribution in [0.15, 0.2) is 36.4 Å². The average Bonchev–Trinajstić information content (AvgIpc) is 2.85. The Kier molecular flexibility index (Phi) is 3.00. The van der Waals surface area contributed by atoms with Gasteiger partial charge >= 0.3 is 0 Å². The third kappa shape index (κ3) is 2.17. The van der Waals surface area contributed by atoms with E-state index in [0.717, 1.165) is 23.3 Å². The van der Waals surface area contributed by atoms with Gasteiger partial charge in [0.15, 0.2) is 0 Å². The molecule has 0 unspecified atom stereocenters. The highest BCUT2D eigenvalue weighted by Gasteiger charge is 2.07. The maximum atomic E-state index is 9.10. The number of aromatic amines is 1. The molecular formula is C17H15N3. The van der Waals surface area contributed by atoms with E-state index < -0.39 is 0 Å². The Labute approximate surface area is 117 Å². The minimum absolute atomic E-state index is 0.616. The number of nitriles is 1. The van der Waals surface area contributed by atoms with Crippen LogP contribution in [0.2, 0.25) is 0 Å². The van der Waals surface area contributed by atoms with Crippen molar-refractivity contribution in [3.05, 3.63) is 64.5 Å². The molecule has 0 aliphatic rings. The molecule has 0 radical (unpaired) electrons. The van der Waals surface area contributed by atoms with E-state index in [1.807, 2.05) is 12.1 Å². The molecule has 3 rings (SSSR count). The van der Waals surface area contributed by atoms with E-state index in [2.05, 4.69) is 48.1 Å². The maximum Gasteiger partial charge on any atom is 0.111 e. The normalized spacial score (nSPS) is 10.7. The lowest BCUT2D eigenvalue weighted by Crippen LogP contribution is -1.92. The predicted octanol–water partition coefficient (Wildman–Crippen LogP) is 3.64. The summed E-state index contributed by atoms with van der Waals surface area (Å²) >= 11 is 0. The van der Waals surface area contributed by atoms with Gasteiger partial charge < -0.3 is 4.98 Å². The number of H-pyrrole nitrogens is 1. The summed E-state index contributed by atoms with van der Waals surface area (Å²) in [5, 5.41) is 9.10. The lowest BCUT2D eigenvalue weighted by Gasteiger charge is -2.03. The summed E-state index contributed by atoms with van der Waals surface area (Å²) in [6, 6.07) is 14.2. The van der Waals surface area contributed by atoms with Crippen molar-refractivity contribution in [2.45, 2.75) is 20.3 Å². The molecule has 1 aromatic heterocycles. The molecule has 0 amide bonds. The average molecular weight is 261 g/mol. The number of hydrogen-bond acceptors (Lipinski definition) is 2. The van der Waals surface area contributed by atoms with Crippen LogP contribution >= 0.6 is 0 Å². The van der Waals surface area contributed by atoms with Crippen molar-refractivity contribution in [1.29, 1.82) is 5.26 Å². The van der Waals surface area contributed by atoms with Gasteiger partial charge in [0.1, 0.15) is 17.4 Å². The number of hydrogen-bond donors (Lipinski definition) is 1. The first-order valence-electron chi connectivity index (χ1n) is 6.61. The fraction of sp³-hybridized carbons (Fsp3) is 0.176. The smallest absolute Gasteiger partial charge is 0.111 e. The van der Waals surface area contributed by atoms with Gasteiger partial charge in [0.25, 0.3) is 0 Å². The van der Waals surface area contributed by atoms with Gasteiger partial charge in [0.2, 0.25) is 0 Å². The molecule has 0 saturated heterocycles. The van der Waals surface area contributed by atoms with Crippen LogP contribution in [-0.4, -0.2) is 9.97 Å². The number of nitrogens with zero attached hydrogens (tertiary/aromatic N) is 2. The number of nitrogens with one attached hydrogen (secondary N) is 1. The number of aromatic nitrogens is 2. The zero-order valence-electron chi connectivity index (χ0n) is 11.6. The highest BCUT2D eigenvalue weighted by molar-refractivity contribution is 5.81. The van der Waals surface area contributed by atoms with Gasteiger partial charge in [-0.25, -0.2) is 4.98 Å². The second kappa shape index (κ2) is 4.82. The molecule has 0 aliphatic carbocycles. The molecule has 0 bridgehead atoms. The van der Waals surface area contributed by atoms with Crippen LogP contribution < -0.4 is 0 Å². The van der Waals surface area contributed by atoms with Crippen molar-refractivity contribution in [3.63, 3.8) is 0 Å². The van der Waals surface area contributed by atoms with E-state index in [0.29, 0.717) is 5.56 Å². The summed E-state index contributed by atoms with van der Waals surface area (Å²) in [5.74, 6) is 0.894. The first-order chi connectivity index (χ1) is 9.67. The van der Waals surface area contributed by atoms with Gasteiger partial charge in [-0.05, 0) is 42.7 Å². The largest absolute Gasteiger partial charge is 0.342 e. The summed E-state index contributed by atoms with van der Waals surface area (Å²) < 4.78 is 0. The van der Waals surface area contributed by atoms with Gasteiger partial charge in [-0.3, -0.25) is 0 Å². The minimum atomic E-state index is 0.616. The summed E-state index contributed by atoms with van der Waals surface area (Å²) in [5.41, 5.74) is 6.11. The second-order valence-electron chi connectivity index (χ2n) is 5.09. The van der Waals surface area contributed by atoms with Crippen molar-refractivity contribution in [1.82, 2.24) is 9.97 Å². The molecule has 2 aromatic carbocycles. The standard InChI is InChI=1S/C17H15N3/c1-11-6-7-13(8-12(11)2)9-16-19-15-5-3-4-14(10-18)17(15)20-16/h3-8H,9H2,1-2H3,(H,19,20). The highest BCUT2D eigenvalue weighted by atomic mass is 14.9. The van der Waals surface area contributed by atoms with Crippen molar-refractivity contribution in [2.24, 2.45) is 0 Å². The fourth-order valence-corrected chi connectivity index (χ4v) is 2.36. The maximum absolute atomic E-state index is 9.10. The topological polar surface area (TPSA) is 52.5 Å². The molecule has 3 nitrogen and oxygen atoms in total. The van der Waals surface area contributed by atoms with E-state index in [4.69, 9.17) is 5.26 Å². The van der Waals surface area contributed by atoms with Crippen LogP contribution in [-0.2, 0) is 6.42 Å². The van der Waals surface area contributed by atoms with Gasteiger partial charge in [-0.2, -0.15) is 5.26 Å². The Morgan fingerprint density at radius 3 is 2.75 bits per heavy atom. The predicted molar refractivity (Wildman–Crippen MR) is 79.5 cm³/mol. The van der Waals surface area contributed by atoms with Gasteiger partial charge in [-0.15, -0.1) is 0 Å². The third-order valence-electron chi connectivity index (χ3n) is 3.63. The van der Waals surface area contributed by atoms with Crippen LogP contribution in [0.3, 0.4) is 0 Å². The lowest BCUT2D eigenvalue weighted by molar-refractivity contribution is 1.03. The van der Waals surface area contributed by atoms with E-state index in [9.17, 15) is 0 Å². The Balaban J connectivity index is 1.99. The first kappa shape index (κ1) is 12.4. The van der Waals surface area contributed by atoms with Crippen LogP contribution in [0.5, 0.6) is 0 Å². The summed E-state index contributed by atoms with van der Waals surface area (Å²) in [7, 11) is 0. The number of para-hydroxylation sites is 1. The molecule has 3 heteroatoms. The van der Waals surface area contributed by atoms with Crippen LogP contribution in [0.1, 0.15) is 28.1 Å². The molecular weight excluding hydrogens is 246 g/mol. The molecule has 20 heavy (non-hydrogen) atoms. The fourth-order valence-electron chi connectivity index (χ4n) is 2.36. The van der Waals surface area contributed by atoms with Crippen molar-refractivity contribution >= 4 is 11.0 Å². The first-order valence-corrected chi connectivity index (χ1v) is 6.61. The molecule has 1 heterocycles. The van der Waals surface area contributed by atoms with E-state index >= 15 is 0 Å². The summed E-state index contributed by atoms with van der Waals surface area (Å²) in [4.78, 5) is 7.84. The molecule has 0 aliphatic heterocycles. The Morgan fingerprint density at radius 1 is 1.15 bits per heavy atom. The lowest BCUT2D eigenvalue weighted by atomic mass is 10.0. The van der Waals surface area contributed by atoms with Gasteiger partial charge in [-0.1, -0.05) is 24.3 Å². The molecule has 98 valence electrons. The Bertz CT molecular complexity index is 822. The third-order valence-corrected chi connectivity index (χ3v) is 3.63. The number of benzene rings is 2. The van der Waals surface area contributed by atoms with Crippen LogP contribution in [0, 0.1) is 25.2 Å². The number of fused-ring (bicyclic) bond motifs is 1. The highest BCUT2D eigenvalue weighted by Crippen LogP contribution is 2.18. The van der Waals surface area contributed by atoms with Crippen LogP contribution in [0.25, 0.3) is 11.0 Å². The zero-order valence-corrected chi connectivity index (χ0v) is 11.6. The molecule has 0 fully saturated rings. The van der Waals surface area contributed by atoms with Crippen molar-refractivity contribution in [3.8, 4) is 6.07 Å². The minimum Gasteiger partial charge on any atom is -0.342 e.